The highest BCUT2D eigenvalue weighted by Crippen LogP contribution is 2.37. The molecule has 3 atom stereocenters. The molecule has 0 spiro atoms. The number of hydrogen-bond donors (Lipinski definition) is 1. The van der Waals surface area contributed by atoms with Gasteiger partial charge in [-0.2, -0.15) is 0 Å². The van der Waals surface area contributed by atoms with Gasteiger partial charge in [0.05, 0.1) is 35.8 Å². The Bertz CT molecular complexity index is 520. The second-order valence-corrected chi connectivity index (χ2v) is 5.27. The van der Waals surface area contributed by atoms with Crippen LogP contribution in [-0.2, 0) is 4.74 Å². The topological polar surface area (TPSA) is 73.6 Å². The largest absolute Gasteiger partial charge is 0.494 e. The number of benzene rings is 1. The SMILES string of the molecule is CCOc1cc(NC2CC3CCC2O3)cc([N+](=O)[O-])c1. The number of ether oxygens (including phenoxy) is 2. The van der Waals surface area contributed by atoms with E-state index < -0.39 is 4.92 Å². The van der Waals surface area contributed by atoms with Gasteiger partial charge in [0.25, 0.3) is 5.69 Å². The lowest BCUT2D eigenvalue weighted by molar-refractivity contribution is -0.384. The summed E-state index contributed by atoms with van der Waals surface area (Å²) in [7, 11) is 0. The molecular weight excluding hydrogens is 260 g/mol. The van der Waals surface area contributed by atoms with E-state index in [0.717, 1.165) is 24.9 Å². The highest BCUT2D eigenvalue weighted by atomic mass is 16.6. The van der Waals surface area contributed by atoms with E-state index in [1.54, 1.807) is 6.07 Å². The van der Waals surface area contributed by atoms with Gasteiger partial charge in [-0.3, -0.25) is 10.1 Å². The summed E-state index contributed by atoms with van der Waals surface area (Å²) in [5, 5.41) is 14.3. The highest BCUT2D eigenvalue weighted by molar-refractivity contribution is 5.57. The molecule has 2 bridgehead atoms. The summed E-state index contributed by atoms with van der Waals surface area (Å²) in [6.45, 7) is 2.34. The summed E-state index contributed by atoms with van der Waals surface area (Å²) >= 11 is 0. The minimum Gasteiger partial charge on any atom is -0.494 e. The average Bonchev–Trinajstić information content (AvgIpc) is 3.01. The van der Waals surface area contributed by atoms with Crippen molar-refractivity contribution in [3.05, 3.63) is 28.3 Å². The normalized spacial score (nSPS) is 27.6. The Kier molecular flexibility index (Phi) is 3.48. The third kappa shape index (κ3) is 2.56. The Balaban J connectivity index is 1.79. The van der Waals surface area contributed by atoms with Crippen molar-refractivity contribution in [1.29, 1.82) is 0 Å². The van der Waals surface area contributed by atoms with Crippen LogP contribution in [0, 0.1) is 10.1 Å². The molecule has 3 rings (SSSR count). The Morgan fingerprint density at radius 3 is 2.90 bits per heavy atom. The van der Waals surface area contributed by atoms with Gasteiger partial charge in [-0.05, 0) is 26.2 Å². The second kappa shape index (κ2) is 5.28. The molecule has 0 amide bonds. The van der Waals surface area contributed by atoms with Crippen LogP contribution in [0.2, 0.25) is 0 Å². The molecule has 6 nitrogen and oxygen atoms in total. The summed E-state index contributed by atoms with van der Waals surface area (Å²) in [6.07, 6.45) is 3.74. The number of nitro benzene ring substituents is 1. The molecule has 2 saturated heterocycles. The molecular formula is C14H18N2O4. The second-order valence-electron chi connectivity index (χ2n) is 5.27. The summed E-state index contributed by atoms with van der Waals surface area (Å²) < 4.78 is 11.2. The van der Waals surface area contributed by atoms with Crippen LogP contribution >= 0.6 is 0 Å². The minimum absolute atomic E-state index is 0.0440. The van der Waals surface area contributed by atoms with Crippen molar-refractivity contribution in [3.63, 3.8) is 0 Å². The molecule has 2 fully saturated rings. The van der Waals surface area contributed by atoms with Crippen molar-refractivity contribution in [2.75, 3.05) is 11.9 Å². The Hall–Kier alpha value is -1.82. The van der Waals surface area contributed by atoms with Crippen LogP contribution in [0.4, 0.5) is 11.4 Å². The third-order valence-corrected chi connectivity index (χ3v) is 3.87. The van der Waals surface area contributed by atoms with Crippen molar-refractivity contribution in [2.24, 2.45) is 0 Å². The Morgan fingerprint density at radius 1 is 1.45 bits per heavy atom. The molecule has 2 aliphatic heterocycles. The van der Waals surface area contributed by atoms with Crippen LogP contribution < -0.4 is 10.1 Å². The molecule has 0 radical (unpaired) electrons. The van der Waals surface area contributed by atoms with Crippen LogP contribution in [-0.4, -0.2) is 29.8 Å². The van der Waals surface area contributed by atoms with Crippen molar-refractivity contribution in [1.82, 2.24) is 0 Å². The number of nitrogens with one attached hydrogen (secondary N) is 1. The Labute approximate surface area is 117 Å². The maximum absolute atomic E-state index is 11.0. The lowest BCUT2D eigenvalue weighted by atomic mass is 9.95. The van der Waals surface area contributed by atoms with E-state index >= 15 is 0 Å². The maximum atomic E-state index is 11.0. The molecule has 0 aliphatic carbocycles. The summed E-state index contributed by atoms with van der Waals surface area (Å²) in [6, 6.07) is 5.05. The average molecular weight is 278 g/mol. The van der Waals surface area contributed by atoms with E-state index in [1.807, 2.05) is 13.0 Å². The molecule has 3 unspecified atom stereocenters. The predicted molar refractivity (Wildman–Crippen MR) is 74.2 cm³/mol. The monoisotopic (exact) mass is 278 g/mol. The van der Waals surface area contributed by atoms with Gasteiger partial charge >= 0.3 is 0 Å². The van der Waals surface area contributed by atoms with Gasteiger partial charge in [-0.25, -0.2) is 0 Å². The first-order chi connectivity index (χ1) is 9.65. The Morgan fingerprint density at radius 2 is 2.30 bits per heavy atom. The first-order valence-electron chi connectivity index (χ1n) is 7.00. The fourth-order valence-corrected chi connectivity index (χ4v) is 3.03. The number of nitro groups is 1. The van der Waals surface area contributed by atoms with E-state index in [1.165, 1.54) is 6.07 Å². The van der Waals surface area contributed by atoms with Crippen LogP contribution in [0.15, 0.2) is 18.2 Å². The molecule has 0 saturated carbocycles. The van der Waals surface area contributed by atoms with Crippen LogP contribution in [0.3, 0.4) is 0 Å². The summed E-state index contributed by atoms with van der Waals surface area (Å²) in [4.78, 5) is 10.6. The first-order valence-corrected chi connectivity index (χ1v) is 7.00. The van der Waals surface area contributed by atoms with Gasteiger partial charge in [0.15, 0.2) is 0 Å². The minimum atomic E-state index is -0.398. The molecule has 1 aromatic rings. The van der Waals surface area contributed by atoms with Crippen LogP contribution in [0.5, 0.6) is 5.75 Å². The van der Waals surface area contributed by atoms with Gasteiger partial charge < -0.3 is 14.8 Å². The smallest absolute Gasteiger partial charge is 0.275 e. The number of non-ortho nitro benzene ring substituents is 1. The molecule has 0 aromatic heterocycles. The highest BCUT2D eigenvalue weighted by Gasteiger charge is 2.40. The van der Waals surface area contributed by atoms with Crippen molar-refractivity contribution >= 4 is 11.4 Å². The van der Waals surface area contributed by atoms with E-state index in [2.05, 4.69) is 5.32 Å². The molecule has 1 N–H and O–H groups in total. The van der Waals surface area contributed by atoms with E-state index in [4.69, 9.17) is 9.47 Å². The van der Waals surface area contributed by atoms with E-state index in [0.29, 0.717) is 18.5 Å². The fraction of sp³-hybridized carbons (Fsp3) is 0.571. The van der Waals surface area contributed by atoms with E-state index in [9.17, 15) is 10.1 Å². The maximum Gasteiger partial charge on any atom is 0.275 e. The van der Waals surface area contributed by atoms with Crippen molar-refractivity contribution < 1.29 is 14.4 Å². The van der Waals surface area contributed by atoms with Gasteiger partial charge in [-0.1, -0.05) is 0 Å². The summed E-state index contributed by atoms with van der Waals surface area (Å²) in [5.74, 6) is 0.522. The molecule has 2 aliphatic rings. The zero-order chi connectivity index (χ0) is 14.1. The number of rotatable bonds is 5. The van der Waals surface area contributed by atoms with Crippen molar-refractivity contribution in [2.45, 2.75) is 44.4 Å². The number of nitrogens with zero attached hydrogens (tertiary/aromatic N) is 1. The predicted octanol–water partition coefficient (Wildman–Crippen LogP) is 2.73. The lowest BCUT2D eigenvalue weighted by Crippen LogP contribution is -2.30. The molecule has 1 aromatic carbocycles. The molecule has 108 valence electrons. The number of anilines is 1. The zero-order valence-electron chi connectivity index (χ0n) is 11.4. The number of fused-ring (bicyclic) bond motifs is 2. The van der Waals surface area contributed by atoms with Crippen LogP contribution in [0.1, 0.15) is 26.2 Å². The molecule has 2 heterocycles. The number of hydrogen-bond acceptors (Lipinski definition) is 5. The van der Waals surface area contributed by atoms with E-state index in [-0.39, 0.29) is 17.8 Å². The van der Waals surface area contributed by atoms with Gasteiger partial charge in [-0.15, -0.1) is 0 Å². The molecule has 6 heteroatoms. The zero-order valence-corrected chi connectivity index (χ0v) is 11.4. The van der Waals surface area contributed by atoms with Gasteiger partial charge in [0.2, 0.25) is 0 Å². The third-order valence-electron chi connectivity index (χ3n) is 3.87. The fourth-order valence-electron chi connectivity index (χ4n) is 3.03. The lowest BCUT2D eigenvalue weighted by Gasteiger charge is -2.21. The molecule has 20 heavy (non-hydrogen) atoms. The quantitative estimate of drug-likeness (QED) is 0.662. The van der Waals surface area contributed by atoms with Crippen LogP contribution in [0.25, 0.3) is 0 Å². The summed E-state index contributed by atoms with van der Waals surface area (Å²) in [5.41, 5.74) is 0.770. The van der Waals surface area contributed by atoms with Crippen molar-refractivity contribution in [3.8, 4) is 5.75 Å². The van der Waals surface area contributed by atoms with Gasteiger partial charge in [0.1, 0.15) is 5.75 Å². The van der Waals surface area contributed by atoms with Gasteiger partial charge in [0, 0.05) is 17.8 Å². The standard InChI is InChI=1S/C14H18N2O4/c1-2-19-12-6-9(5-10(7-12)16(17)18)15-13-8-11-3-4-14(13)20-11/h5-7,11,13-15H,2-4,8H2,1H3. The first kappa shape index (κ1) is 13.2.